The zero-order valence-electron chi connectivity index (χ0n) is 16.8. The highest BCUT2D eigenvalue weighted by Crippen LogP contribution is 2.30. The molecule has 0 spiro atoms. The molecule has 0 saturated carbocycles. The molecule has 1 amide bonds. The lowest BCUT2D eigenvalue weighted by Crippen LogP contribution is -2.33. The molecule has 0 aliphatic rings. The van der Waals surface area contributed by atoms with Gasteiger partial charge in [-0.3, -0.25) is 4.79 Å². The highest BCUT2D eigenvalue weighted by molar-refractivity contribution is 7.93. The van der Waals surface area contributed by atoms with Gasteiger partial charge in [-0.1, -0.05) is 35.9 Å². The van der Waals surface area contributed by atoms with Crippen LogP contribution in [0, 0.1) is 0 Å². The fraction of sp³-hybridized carbons (Fsp3) is 0.350. The van der Waals surface area contributed by atoms with Crippen molar-refractivity contribution in [2.75, 3.05) is 17.7 Å². The maximum Gasteiger partial charge on any atom is 0.289 e. The van der Waals surface area contributed by atoms with Crippen molar-refractivity contribution in [2.45, 2.75) is 32.9 Å². The summed E-state index contributed by atoms with van der Waals surface area (Å²) in [5.41, 5.74) is 1.76. The Morgan fingerprint density at radius 3 is 2.41 bits per heavy atom. The molecule has 1 heterocycles. The summed E-state index contributed by atoms with van der Waals surface area (Å²) < 4.78 is 22.3. The molecule has 1 aromatic carbocycles. The number of nitrogens with one attached hydrogen (secondary N) is 1. The van der Waals surface area contributed by atoms with Crippen LogP contribution in [0.3, 0.4) is 0 Å². The van der Waals surface area contributed by atoms with Crippen molar-refractivity contribution < 1.29 is 13.2 Å². The van der Waals surface area contributed by atoms with Gasteiger partial charge in [-0.2, -0.15) is 0 Å². The summed E-state index contributed by atoms with van der Waals surface area (Å²) >= 11 is 6.32. The number of sulfone groups is 1. The van der Waals surface area contributed by atoms with E-state index < -0.39 is 21.8 Å². The van der Waals surface area contributed by atoms with E-state index in [-0.39, 0.29) is 11.9 Å². The quantitative estimate of drug-likeness (QED) is 0.681. The highest BCUT2D eigenvalue weighted by atomic mass is 35.5. The number of amides is 1. The Morgan fingerprint density at radius 1 is 1.24 bits per heavy atom. The first kappa shape index (κ1) is 22.8. The molecule has 156 valence electrons. The Hall–Kier alpha value is -2.45. The monoisotopic (exact) mass is 436 g/mol. The second-order valence-corrected chi connectivity index (χ2v) is 9.01. The van der Waals surface area contributed by atoms with E-state index >= 15 is 0 Å². The number of hydrogen-bond donors (Lipinski definition) is 1. The van der Waals surface area contributed by atoms with Crippen molar-refractivity contribution in [1.82, 2.24) is 15.3 Å². The number of rotatable bonds is 8. The molecule has 7 nitrogen and oxygen atoms in total. The maximum atomic E-state index is 12.3. The number of carbonyl (C=O) groups excluding carboxylic acids is 1. The van der Waals surface area contributed by atoms with E-state index in [2.05, 4.69) is 20.2 Å². The summed E-state index contributed by atoms with van der Waals surface area (Å²) in [4.78, 5) is 22.7. The summed E-state index contributed by atoms with van der Waals surface area (Å²) in [6.07, 6.45) is 5.67. The first-order valence-corrected chi connectivity index (χ1v) is 11.5. The molecule has 0 bridgehead atoms. The van der Waals surface area contributed by atoms with Gasteiger partial charge in [-0.15, -0.1) is 0 Å². The minimum absolute atomic E-state index is 0.00173. The minimum Gasteiger partial charge on any atom is -0.362 e. The normalized spacial score (nSPS) is 13.8. The van der Waals surface area contributed by atoms with Gasteiger partial charge in [0.15, 0.2) is 9.84 Å². The largest absolute Gasteiger partial charge is 0.362 e. The molecule has 0 aliphatic heterocycles. The third-order valence-corrected chi connectivity index (χ3v) is 5.31. The van der Waals surface area contributed by atoms with E-state index in [0.717, 1.165) is 22.9 Å². The molecule has 2 rings (SSSR count). The van der Waals surface area contributed by atoms with Gasteiger partial charge in [-0.25, -0.2) is 18.4 Å². The first-order chi connectivity index (χ1) is 13.6. The molecule has 1 aromatic heterocycles. The lowest BCUT2D eigenvalue weighted by Gasteiger charge is -2.30. The molecular weight excluding hydrogens is 412 g/mol. The lowest BCUT2D eigenvalue weighted by atomic mass is 10.1. The number of carbonyl (C=O) groups is 1. The summed E-state index contributed by atoms with van der Waals surface area (Å²) in [5, 5.41) is 4.38. The third-order valence-electron chi connectivity index (χ3n) is 4.31. The fourth-order valence-corrected chi connectivity index (χ4v) is 3.64. The van der Waals surface area contributed by atoms with Crippen molar-refractivity contribution in [2.24, 2.45) is 0 Å². The number of aromatic nitrogens is 2. The zero-order valence-corrected chi connectivity index (χ0v) is 18.4. The molecule has 0 unspecified atom stereocenters. The molecule has 0 radical (unpaired) electrons. The second-order valence-electron chi connectivity index (χ2n) is 6.67. The summed E-state index contributed by atoms with van der Waals surface area (Å²) in [6.45, 7) is 6.43. The third kappa shape index (κ3) is 6.54. The number of nitrogens with zero attached hydrogens (tertiary/aromatic N) is 3. The van der Waals surface area contributed by atoms with Crippen LogP contribution in [0.25, 0.3) is 0 Å². The Morgan fingerprint density at radius 2 is 1.86 bits per heavy atom. The molecule has 29 heavy (non-hydrogen) atoms. The first-order valence-electron chi connectivity index (χ1n) is 9.14. The Bertz CT molecular complexity index is 977. The van der Waals surface area contributed by atoms with Gasteiger partial charge in [0.1, 0.15) is 0 Å². The smallest absolute Gasteiger partial charge is 0.289 e. The summed E-state index contributed by atoms with van der Waals surface area (Å²) in [5.74, 6) is -0.473. The van der Waals surface area contributed by atoms with Crippen LogP contribution in [-0.4, -0.2) is 43.1 Å². The average molecular weight is 437 g/mol. The van der Waals surface area contributed by atoms with Gasteiger partial charge < -0.3 is 10.2 Å². The van der Waals surface area contributed by atoms with Crippen LogP contribution >= 0.6 is 11.6 Å². The van der Waals surface area contributed by atoms with E-state index in [1.807, 2.05) is 38.1 Å². The second kappa shape index (κ2) is 9.84. The van der Waals surface area contributed by atoms with Crippen LogP contribution in [0.1, 0.15) is 43.0 Å². The average Bonchev–Trinajstić information content (AvgIpc) is 2.67. The van der Waals surface area contributed by atoms with Crippen molar-refractivity contribution in [3.05, 3.63) is 64.6 Å². The molecule has 0 aliphatic carbocycles. The van der Waals surface area contributed by atoms with E-state index in [4.69, 9.17) is 11.6 Å². The SMILES string of the molecule is CCN(c1cnc(C(=O)N[C@H](C)/C=C/S(C)(=O)=O)nc1)[C@@H](C)c1ccccc1Cl. The number of anilines is 1. The van der Waals surface area contributed by atoms with Crippen molar-refractivity contribution in [3.8, 4) is 0 Å². The van der Waals surface area contributed by atoms with Crippen LogP contribution < -0.4 is 10.2 Å². The fourth-order valence-electron chi connectivity index (χ4n) is 2.83. The van der Waals surface area contributed by atoms with Crippen LogP contribution in [0.5, 0.6) is 0 Å². The lowest BCUT2D eigenvalue weighted by molar-refractivity contribution is 0.0936. The van der Waals surface area contributed by atoms with Crippen LogP contribution in [0.15, 0.2) is 48.1 Å². The van der Waals surface area contributed by atoms with E-state index in [0.29, 0.717) is 11.6 Å². The topological polar surface area (TPSA) is 92.3 Å². The maximum absolute atomic E-state index is 12.3. The predicted molar refractivity (Wildman–Crippen MR) is 116 cm³/mol. The van der Waals surface area contributed by atoms with Crippen molar-refractivity contribution >= 4 is 33.0 Å². The van der Waals surface area contributed by atoms with E-state index in [9.17, 15) is 13.2 Å². The molecule has 0 saturated heterocycles. The van der Waals surface area contributed by atoms with Gasteiger partial charge in [0.05, 0.1) is 24.1 Å². The van der Waals surface area contributed by atoms with E-state index in [1.165, 1.54) is 6.08 Å². The number of hydrogen-bond acceptors (Lipinski definition) is 6. The predicted octanol–water partition coefficient (Wildman–Crippen LogP) is 3.39. The van der Waals surface area contributed by atoms with Crippen LogP contribution in [0.4, 0.5) is 5.69 Å². The standard InChI is InChI=1S/C20H25ClN4O3S/c1-5-25(15(3)17-8-6-7-9-18(17)21)16-12-22-19(23-13-16)20(26)24-14(2)10-11-29(4,27)28/h6-15H,5H2,1-4H3,(H,24,26)/b11-10+/t14-,15+/m1/s1. The van der Waals surface area contributed by atoms with E-state index in [1.54, 1.807) is 19.3 Å². The summed E-state index contributed by atoms with van der Waals surface area (Å²) in [6, 6.07) is 7.17. The molecule has 2 atom stereocenters. The van der Waals surface area contributed by atoms with Gasteiger partial charge in [0.25, 0.3) is 5.91 Å². The Kier molecular flexibility index (Phi) is 7.75. The van der Waals surface area contributed by atoms with Gasteiger partial charge in [-0.05, 0) is 32.4 Å². The van der Waals surface area contributed by atoms with Gasteiger partial charge in [0.2, 0.25) is 5.82 Å². The van der Waals surface area contributed by atoms with Crippen LogP contribution in [-0.2, 0) is 9.84 Å². The summed E-state index contributed by atoms with van der Waals surface area (Å²) in [7, 11) is -3.25. The number of benzene rings is 1. The van der Waals surface area contributed by atoms with Gasteiger partial charge in [0, 0.05) is 29.3 Å². The highest BCUT2D eigenvalue weighted by Gasteiger charge is 2.19. The van der Waals surface area contributed by atoms with Crippen LogP contribution in [0.2, 0.25) is 5.02 Å². The molecular formula is C20H25ClN4O3S. The van der Waals surface area contributed by atoms with Gasteiger partial charge >= 0.3 is 0 Å². The Labute approximate surface area is 176 Å². The van der Waals surface area contributed by atoms with Crippen molar-refractivity contribution in [1.29, 1.82) is 0 Å². The van der Waals surface area contributed by atoms with Crippen molar-refractivity contribution in [3.63, 3.8) is 0 Å². The molecule has 2 aromatic rings. The number of halogens is 1. The molecule has 9 heteroatoms. The molecule has 0 fully saturated rings. The molecule has 1 N–H and O–H groups in total. The Balaban J connectivity index is 2.12. The zero-order chi connectivity index (χ0) is 21.6. The minimum atomic E-state index is -3.25.